The molecule has 10 heteroatoms. The zero-order chi connectivity index (χ0) is 27.1. The van der Waals surface area contributed by atoms with Gasteiger partial charge in [0, 0.05) is 50.4 Å². The van der Waals surface area contributed by atoms with E-state index in [-0.39, 0.29) is 18.1 Å². The molecule has 1 saturated heterocycles. The van der Waals surface area contributed by atoms with Gasteiger partial charge in [0.25, 0.3) is 0 Å². The molecule has 0 saturated carbocycles. The van der Waals surface area contributed by atoms with E-state index in [1.54, 1.807) is 28.4 Å². The predicted octanol–water partition coefficient (Wildman–Crippen LogP) is 5.17. The molecule has 5 rings (SSSR count). The third-order valence-electron chi connectivity index (χ3n) is 7.15. The summed E-state index contributed by atoms with van der Waals surface area (Å²) in [5, 5.41) is 2.87. The Balaban J connectivity index is 1.41. The molecule has 0 spiro atoms. The number of thiazole rings is 1. The Labute approximate surface area is 227 Å². The van der Waals surface area contributed by atoms with Gasteiger partial charge >= 0.3 is 6.09 Å². The van der Waals surface area contributed by atoms with Gasteiger partial charge in [-0.25, -0.2) is 19.2 Å². The summed E-state index contributed by atoms with van der Waals surface area (Å²) >= 11 is 1.56. The number of hydrogen-bond donors (Lipinski definition) is 0. The molecule has 202 valence electrons. The highest BCUT2D eigenvalue weighted by molar-refractivity contribution is 7.14. The van der Waals surface area contributed by atoms with Crippen LogP contribution in [-0.2, 0) is 4.74 Å². The van der Waals surface area contributed by atoms with Crippen molar-refractivity contribution in [3.05, 3.63) is 59.9 Å². The number of amidine groups is 1. The first-order valence-corrected chi connectivity index (χ1v) is 13.9. The largest absolute Gasteiger partial charge is 0.444 e. The number of aliphatic imine (C=N–C) groups is 1. The van der Waals surface area contributed by atoms with Crippen LogP contribution in [0.3, 0.4) is 0 Å². The molecule has 0 radical (unpaired) electrons. The van der Waals surface area contributed by atoms with Crippen molar-refractivity contribution in [3.8, 4) is 11.3 Å². The maximum absolute atomic E-state index is 13.5. The molecule has 2 unspecified atom stereocenters. The Hall–Kier alpha value is -3.24. The highest BCUT2D eigenvalue weighted by atomic mass is 32.1. The fraction of sp³-hybridized carbons (Fsp3) is 0.464. The lowest BCUT2D eigenvalue weighted by Crippen LogP contribution is -2.66. The van der Waals surface area contributed by atoms with Gasteiger partial charge in [-0.05, 0) is 63.6 Å². The van der Waals surface area contributed by atoms with Crippen LogP contribution in [0.5, 0.6) is 0 Å². The molecule has 0 bridgehead atoms. The van der Waals surface area contributed by atoms with E-state index in [2.05, 4.69) is 34.9 Å². The lowest BCUT2D eigenvalue weighted by molar-refractivity contribution is -0.0137. The lowest BCUT2D eigenvalue weighted by Gasteiger charge is -2.49. The molecule has 0 N–H and O–H groups in total. The van der Waals surface area contributed by atoms with Crippen LogP contribution in [-0.4, -0.2) is 82.3 Å². The molecule has 1 fully saturated rings. The van der Waals surface area contributed by atoms with Crippen LogP contribution in [0.4, 0.5) is 14.3 Å². The summed E-state index contributed by atoms with van der Waals surface area (Å²) in [6.07, 6.45) is 8.53. The SMILES string of the molecule is CCC1(N2CCN(C(=O)OC(C)(C)C)CC2)N=C2C=CC=CN2C1N(C)c1nc(-c2ccc(F)cc2)cs1. The zero-order valence-corrected chi connectivity index (χ0v) is 23.4. The van der Waals surface area contributed by atoms with Gasteiger partial charge in [-0.2, -0.15) is 0 Å². The number of ether oxygens (including phenoxy) is 1. The second kappa shape index (κ2) is 10.1. The molecule has 2 atom stereocenters. The summed E-state index contributed by atoms with van der Waals surface area (Å²) in [6.45, 7) is 10.4. The quantitative estimate of drug-likeness (QED) is 0.524. The number of hydrogen-bond acceptors (Lipinski definition) is 8. The molecule has 38 heavy (non-hydrogen) atoms. The van der Waals surface area contributed by atoms with Crippen molar-refractivity contribution in [2.75, 3.05) is 38.1 Å². The minimum absolute atomic E-state index is 0.135. The van der Waals surface area contributed by atoms with Gasteiger partial charge < -0.3 is 19.4 Å². The van der Waals surface area contributed by atoms with Crippen LogP contribution in [0.1, 0.15) is 34.1 Å². The van der Waals surface area contributed by atoms with Crippen molar-refractivity contribution in [3.63, 3.8) is 0 Å². The van der Waals surface area contributed by atoms with Crippen molar-refractivity contribution in [2.24, 2.45) is 4.99 Å². The van der Waals surface area contributed by atoms with E-state index in [9.17, 15) is 9.18 Å². The monoisotopic (exact) mass is 538 g/mol. The van der Waals surface area contributed by atoms with Crippen molar-refractivity contribution in [1.29, 1.82) is 0 Å². The second-order valence-electron chi connectivity index (χ2n) is 10.8. The Morgan fingerprint density at radius 2 is 1.89 bits per heavy atom. The highest BCUT2D eigenvalue weighted by Crippen LogP contribution is 2.41. The van der Waals surface area contributed by atoms with E-state index in [4.69, 9.17) is 14.7 Å². The molecule has 8 nitrogen and oxygen atoms in total. The number of fused-ring (bicyclic) bond motifs is 1. The number of rotatable bonds is 5. The molecular weight excluding hydrogens is 503 g/mol. The molecule has 3 aliphatic heterocycles. The van der Waals surface area contributed by atoms with Gasteiger partial charge in [0.15, 0.2) is 10.8 Å². The molecule has 1 amide bonds. The number of allylic oxidation sites excluding steroid dienone is 2. The van der Waals surface area contributed by atoms with Crippen LogP contribution in [0.2, 0.25) is 0 Å². The van der Waals surface area contributed by atoms with Crippen LogP contribution < -0.4 is 4.90 Å². The molecule has 4 heterocycles. The maximum atomic E-state index is 13.5. The number of aromatic nitrogens is 1. The Morgan fingerprint density at radius 1 is 1.18 bits per heavy atom. The normalized spacial score (nSPS) is 23.4. The van der Waals surface area contributed by atoms with E-state index in [1.165, 1.54) is 12.1 Å². The van der Waals surface area contributed by atoms with E-state index in [1.807, 2.05) is 44.4 Å². The minimum Gasteiger partial charge on any atom is -0.444 e. The van der Waals surface area contributed by atoms with Crippen molar-refractivity contribution >= 4 is 28.4 Å². The first-order valence-electron chi connectivity index (χ1n) is 13.0. The minimum atomic E-state index is -0.537. The first-order chi connectivity index (χ1) is 18.1. The molecule has 0 aliphatic carbocycles. The lowest BCUT2D eigenvalue weighted by atomic mass is 9.99. The topological polar surface area (TPSA) is 64.5 Å². The summed E-state index contributed by atoms with van der Waals surface area (Å²) in [7, 11) is 2.06. The average molecular weight is 539 g/mol. The van der Waals surface area contributed by atoms with Crippen LogP contribution >= 0.6 is 11.3 Å². The fourth-order valence-corrected chi connectivity index (χ4v) is 6.15. The third kappa shape index (κ3) is 4.94. The number of piperazine rings is 1. The maximum Gasteiger partial charge on any atom is 0.410 e. The number of benzene rings is 1. The number of anilines is 1. The Kier molecular flexibility index (Phi) is 7.04. The Bertz CT molecular complexity index is 1260. The van der Waals surface area contributed by atoms with Crippen molar-refractivity contribution < 1.29 is 13.9 Å². The van der Waals surface area contributed by atoms with Gasteiger partial charge in [0.05, 0.1) is 5.69 Å². The highest BCUT2D eigenvalue weighted by Gasteiger charge is 2.54. The van der Waals surface area contributed by atoms with Gasteiger partial charge in [-0.1, -0.05) is 13.0 Å². The number of halogens is 1. The van der Waals surface area contributed by atoms with Crippen LogP contribution in [0.25, 0.3) is 11.3 Å². The molecule has 1 aromatic heterocycles. The number of carbonyl (C=O) groups excluding carboxylic acids is 1. The summed E-state index contributed by atoms with van der Waals surface area (Å²) in [5.41, 5.74) is 0.640. The summed E-state index contributed by atoms with van der Waals surface area (Å²) in [5.74, 6) is 0.650. The molecule has 3 aliphatic rings. The van der Waals surface area contributed by atoms with Crippen LogP contribution in [0.15, 0.2) is 59.1 Å². The third-order valence-corrected chi connectivity index (χ3v) is 8.08. The summed E-state index contributed by atoms with van der Waals surface area (Å²) < 4.78 is 19.1. The number of nitrogens with zero attached hydrogens (tertiary/aromatic N) is 6. The number of amides is 1. The molecule has 1 aromatic carbocycles. The van der Waals surface area contributed by atoms with Crippen LogP contribution in [0, 0.1) is 5.82 Å². The standard InChI is InChI=1S/C28H35FN6O2S/c1-6-28(34-17-15-33(16-18-34)26(36)37-27(2,3)4)24(35-14-8-7-9-23(35)31-28)32(5)25-30-22(19-38-25)20-10-12-21(29)13-11-20/h7-14,19,24H,6,15-18H2,1-5H3. The van der Waals surface area contributed by atoms with Crippen molar-refractivity contribution in [1.82, 2.24) is 19.7 Å². The summed E-state index contributed by atoms with van der Waals surface area (Å²) in [4.78, 5) is 31.5. The Morgan fingerprint density at radius 3 is 2.55 bits per heavy atom. The van der Waals surface area contributed by atoms with Gasteiger partial charge in [0.2, 0.25) is 0 Å². The summed E-state index contributed by atoms with van der Waals surface area (Å²) in [6, 6.07) is 6.42. The average Bonchev–Trinajstić information content (AvgIpc) is 3.52. The van der Waals surface area contributed by atoms with E-state index < -0.39 is 11.3 Å². The molecule has 2 aromatic rings. The van der Waals surface area contributed by atoms with Crippen molar-refractivity contribution in [2.45, 2.75) is 51.5 Å². The smallest absolute Gasteiger partial charge is 0.410 e. The second-order valence-corrected chi connectivity index (χ2v) is 11.6. The molecular formula is C28H35FN6O2S. The van der Waals surface area contributed by atoms with E-state index >= 15 is 0 Å². The van der Waals surface area contributed by atoms with E-state index in [0.29, 0.717) is 26.2 Å². The zero-order valence-electron chi connectivity index (χ0n) is 22.6. The van der Waals surface area contributed by atoms with Gasteiger partial charge in [0.1, 0.15) is 23.4 Å². The fourth-order valence-electron chi connectivity index (χ4n) is 5.33. The number of carbonyl (C=O) groups is 1. The first kappa shape index (κ1) is 26.4. The van der Waals surface area contributed by atoms with E-state index in [0.717, 1.165) is 28.6 Å². The van der Waals surface area contributed by atoms with Gasteiger partial charge in [-0.3, -0.25) is 4.90 Å². The predicted molar refractivity (Wildman–Crippen MR) is 150 cm³/mol. The van der Waals surface area contributed by atoms with Gasteiger partial charge in [-0.15, -0.1) is 11.3 Å². The number of likely N-dealkylation sites (N-methyl/N-ethyl adjacent to an activating group) is 1.